The Labute approximate surface area is 199 Å². The Kier molecular flexibility index (Phi) is 6.36. The quantitative estimate of drug-likeness (QED) is 0.323. The third-order valence-corrected chi connectivity index (χ3v) is 6.12. The van der Waals surface area contributed by atoms with E-state index in [0.717, 1.165) is 15.8 Å². The van der Waals surface area contributed by atoms with E-state index in [4.69, 9.17) is 9.72 Å². The predicted octanol–water partition coefficient (Wildman–Crippen LogP) is 3.32. The molecule has 2 N–H and O–H groups in total. The van der Waals surface area contributed by atoms with Crippen LogP contribution < -0.4 is 15.6 Å². The van der Waals surface area contributed by atoms with Gasteiger partial charge in [-0.25, -0.2) is 10.4 Å². The minimum atomic E-state index is -0.323. The van der Waals surface area contributed by atoms with E-state index in [1.54, 1.807) is 30.7 Å². The van der Waals surface area contributed by atoms with Crippen LogP contribution in [0.4, 0.5) is 17.5 Å². The molecule has 1 amide bonds. The molecule has 4 heterocycles. The molecule has 5 rings (SSSR count). The number of aromatic nitrogens is 4. The average molecular weight is 475 g/mol. The molecule has 4 aromatic rings. The Morgan fingerprint density at radius 1 is 1.18 bits per heavy atom. The number of rotatable bonds is 6. The number of pyridine rings is 1. The van der Waals surface area contributed by atoms with Crippen LogP contribution in [0.2, 0.25) is 0 Å². The molecule has 0 bridgehead atoms. The second kappa shape index (κ2) is 9.89. The van der Waals surface area contributed by atoms with Gasteiger partial charge >= 0.3 is 0 Å². The largest absolute Gasteiger partial charge is 0.378 e. The highest BCUT2D eigenvalue weighted by molar-refractivity contribution is 7.20. The van der Waals surface area contributed by atoms with Gasteiger partial charge in [0.05, 0.1) is 31.3 Å². The lowest BCUT2D eigenvalue weighted by Gasteiger charge is -2.28. The van der Waals surface area contributed by atoms with E-state index in [2.05, 4.69) is 35.7 Å². The number of ether oxygens (including phenoxy) is 1. The van der Waals surface area contributed by atoms with Crippen molar-refractivity contribution < 1.29 is 9.53 Å². The Bertz CT molecular complexity index is 1340. The lowest BCUT2D eigenvalue weighted by Crippen LogP contribution is -2.36. The van der Waals surface area contributed by atoms with Crippen LogP contribution in [-0.2, 0) is 4.74 Å². The van der Waals surface area contributed by atoms with Crippen molar-refractivity contribution in [1.82, 2.24) is 19.9 Å². The second-order valence-corrected chi connectivity index (χ2v) is 8.62. The smallest absolute Gasteiger partial charge is 0.284 e. The average Bonchev–Trinajstić information content (AvgIpc) is 3.29. The van der Waals surface area contributed by atoms with Crippen molar-refractivity contribution in [1.29, 1.82) is 0 Å². The number of hydrazone groups is 1. The number of benzene rings is 1. The lowest BCUT2D eigenvalue weighted by atomic mass is 10.2. The van der Waals surface area contributed by atoms with E-state index in [0.29, 0.717) is 54.4 Å². The molecule has 0 unspecified atom stereocenters. The van der Waals surface area contributed by atoms with Crippen molar-refractivity contribution in [3.63, 3.8) is 0 Å². The third-order valence-electron chi connectivity index (χ3n) is 5.08. The molecule has 11 heteroatoms. The van der Waals surface area contributed by atoms with E-state index in [1.807, 2.05) is 31.2 Å². The van der Waals surface area contributed by atoms with E-state index in [-0.39, 0.29) is 5.91 Å². The topological polar surface area (TPSA) is 118 Å². The number of hydrogen-bond donors (Lipinski definition) is 2. The second-order valence-electron chi connectivity index (χ2n) is 7.62. The summed E-state index contributed by atoms with van der Waals surface area (Å²) in [7, 11) is 0. The van der Waals surface area contributed by atoms with Gasteiger partial charge < -0.3 is 15.0 Å². The van der Waals surface area contributed by atoms with Crippen molar-refractivity contribution in [3.05, 3.63) is 64.9 Å². The number of carbonyl (C=O) groups is 1. The number of fused-ring (bicyclic) bond motifs is 1. The van der Waals surface area contributed by atoms with Crippen LogP contribution in [0.1, 0.15) is 20.9 Å². The fourth-order valence-corrected chi connectivity index (χ4v) is 4.40. The molecule has 1 aliphatic heterocycles. The van der Waals surface area contributed by atoms with Gasteiger partial charge in [0.1, 0.15) is 4.70 Å². The summed E-state index contributed by atoms with van der Waals surface area (Å²) < 4.78 is 6.23. The van der Waals surface area contributed by atoms with Crippen LogP contribution in [0.15, 0.2) is 53.9 Å². The zero-order valence-corrected chi connectivity index (χ0v) is 19.2. The molecule has 1 saturated heterocycles. The molecule has 1 fully saturated rings. The number of carbonyl (C=O) groups excluding carboxylic acids is 1. The molecule has 34 heavy (non-hydrogen) atoms. The lowest BCUT2D eigenvalue weighted by molar-refractivity contribution is 0.102. The van der Waals surface area contributed by atoms with Crippen molar-refractivity contribution in [2.75, 3.05) is 41.9 Å². The van der Waals surface area contributed by atoms with Crippen LogP contribution in [-0.4, -0.2) is 58.4 Å². The molecule has 0 saturated carbocycles. The predicted molar refractivity (Wildman–Crippen MR) is 133 cm³/mol. The van der Waals surface area contributed by atoms with Gasteiger partial charge in [0.25, 0.3) is 5.91 Å². The van der Waals surface area contributed by atoms with Crippen LogP contribution in [0.25, 0.3) is 10.3 Å². The summed E-state index contributed by atoms with van der Waals surface area (Å²) in [6, 6.07) is 11.5. The summed E-state index contributed by atoms with van der Waals surface area (Å²) in [4.78, 5) is 32.6. The van der Waals surface area contributed by atoms with E-state index >= 15 is 0 Å². The highest BCUT2D eigenvalue weighted by Crippen LogP contribution is 2.31. The Balaban J connectivity index is 1.45. The summed E-state index contributed by atoms with van der Waals surface area (Å²) >= 11 is 1.26. The molecule has 1 aliphatic rings. The normalized spacial score (nSPS) is 14.0. The van der Waals surface area contributed by atoms with Crippen LogP contribution in [0, 0.1) is 6.92 Å². The number of nitrogens with zero attached hydrogens (tertiary/aromatic N) is 6. The maximum absolute atomic E-state index is 12.8. The molecule has 0 atom stereocenters. The molecule has 172 valence electrons. The Morgan fingerprint density at radius 2 is 2.06 bits per heavy atom. The van der Waals surface area contributed by atoms with Gasteiger partial charge in [0.2, 0.25) is 5.95 Å². The SMILES string of the molecule is Cc1cccc(/C=N/Nc2nc(N3CCOCC3)c3sc(C(=O)Nc4cccnc4)nc3n2)c1. The van der Waals surface area contributed by atoms with Crippen LogP contribution in [0.5, 0.6) is 0 Å². The van der Waals surface area contributed by atoms with E-state index in [9.17, 15) is 4.79 Å². The van der Waals surface area contributed by atoms with Gasteiger partial charge in [0, 0.05) is 19.3 Å². The van der Waals surface area contributed by atoms with Crippen LogP contribution >= 0.6 is 11.3 Å². The summed E-state index contributed by atoms with van der Waals surface area (Å²) in [5.41, 5.74) is 6.05. The molecule has 0 aliphatic carbocycles. The first-order valence-electron chi connectivity index (χ1n) is 10.7. The highest BCUT2D eigenvalue weighted by atomic mass is 32.1. The first kappa shape index (κ1) is 21.9. The van der Waals surface area contributed by atoms with Gasteiger partial charge in [-0.3, -0.25) is 9.78 Å². The van der Waals surface area contributed by atoms with E-state index < -0.39 is 0 Å². The van der Waals surface area contributed by atoms with Crippen LogP contribution in [0.3, 0.4) is 0 Å². The molecule has 0 spiro atoms. The molecule has 0 radical (unpaired) electrons. The Hall–Kier alpha value is -3.96. The van der Waals surface area contributed by atoms with Gasteiger partial charge in [-0.1, -0.05) is 29.8 Å². The van der Waals surface area contributed by atoms with Crippen molar-refractivity contribution in [3.8, 4) is 0 Å². The summed E-state index contributed by atoms with van der Waals surface area (Å²) in [6.45, 7) is 4.61. The first-order valence-corrected chi connectivity index (χ1v) is 11.6. The minimum absolute atomic E-state index is 0.295. The van der Waals surface area contributed by atoms with Gasteiger partial charge in [-0.2, -0.15) is 15.1 Å². The zero-order chi connectivity index (χ0) is 23.3. The molecule has 10 nitrogen and oxygen atoms in total. The number of hydrogen-bond acceptors (Lipinski definition) is 10. The fourth-order valence-electron chi connectivity index (χ4n) is 3.48. The fraction of sp³-hybridized carbons (Fsp3) is 0.217. The van der Waals surface area contributed by atoms with Gasteiger partial charge in [0.15, 0.2) is 16.5 Å². The highest BCUT2D eigenvalue weighted by Gasteiger charge is 2.22. The number of morpholine rings is 1. The number of anilines is 3. The molecular formula is C23H22N8O2S. The van der Waals surface area contributed by atoms with Crippen molar-refractivity contribution in [2.24, 2.45) is 5.10 Å². The number of thiazole rings is 1. The molecular weight excluding hydrogens is 452 g/mol. The first-order chi connectivity index (χ1) is 16.7. The van der Waals surface area contributed by atoms with Gasteiger partial charge in [-0.05, 0) is 24.6 Å². The number of amides is 1. The number of nitrogens with one attached hydrogen (secondary N) is 2. The summed E-state index contributed by atoms with van der Waals surface area (Å²) in [5, 5.41) is 7.40. The maximum Gasteiger partial charge on any atom is 0.284 e. The molecule has 1 aromatic carbocycles. The van der Waals surface area contributed by atoms with Crippen molar-refractivity contribution >= 4 is 51.3 Å². The third kappa shape index (κ3) is 5.00. The van der Waals surface area contributed by atoms with Crippen molar-refractivity contribution in [2.45, 2.75) is 6.92 Å². The number of aryl methyl sites for hydroxylation is 1. The monoisotopic (exact) mass is 474 g/mol. The molecule has 3 aromatic heterocycles. The summed E-state index contributed by atoms with van der Waals surface area (Å²) in [5.74, 6) is 0.692. The Morgan fingerprint density at radius 3 is 2.85 bits per heavy atom. The maximum atomic E-state index is 12.8. The standard InChI is InChI=1S/C23H22N8O2S/c1-15-4-2-5-16(12-15)13-25-30-23-28-19-18(20(29-23)31-8-10-33-11-9-31)34-22(27-19)21(32)26-17-6-3-7-24-14-17/h2-7,12-14H,8-11H2,1H3,(H,26,32)(H,28,29,30)/b25-13+. The minimum Gasteiger partial charge on any atom is -0.378 e. The van der Waals surface area contributed by atoms with E-state index in [1.165, 1.54) is 11.3 Å². The summed E-state index contributed by atoms with van der Waals surface area (Å²) in [6.07, 6.45) is 4.94. The van der Waals surface area contributed by atoms with Gasteiger partial charge in [-0.15, -0.1) is 11.3 Å². The zero-order valence-electron chi connectivity index (χ0n) is 18.4.